The fraction of sp³-hybridized carbons (Fsp3) is 0.211. The van der Waals surface area contributed by atoms with Crippen molar-refractivity contribution in [3.8, 4) is 0 Å². The Hall–Kier alpha value is -2.55. The molecule has 0 saturated heterocycles. The molecule has 1 heterocycles. The molecule has 1 amide bonds. The molecule has 112 valence electrons. The van der Waals surface area contributed by atoms with Gasteiger partial charge in [0.2, 0.25) is 5.91 Å². The van der Waals surface area contributed by atoms with Gasteiger partial charge in [-0.1, -0.05) is 36.4 Å². The minimum absolute atomic E-state index is 0.0779. The molecule has 0 saturated carbocycles. The third kappa shape index (κ3) is 3.19. The van der Waals surface area contributed by atoms with E-state index in [0.717, 1.165) is 29.6 Å². The number of aromatic nitrogens is 1. The van der Waals surface area contributed by atoms with Crippen LogP contribution in [0.2, 0.25) is 0 Å². The van der Waals surface area contributed by atoms with Crippen LogP contribution in [0.3, 0.4) is 0 Å². The lowest BCUT2D eigenvalue weighted by molar-refractivity contribution is -0.116. The average Bonchev–Trinajstić information content (AvgIpc) is 2.93. The predicted octanol–water partition coefficient (Wildman–Crippen LogP) is 4.44. The van der Waals surface area contributed by atoms with Gasteiger partial charge < -0.3 is 10.3 Å². The van der Waals surface area contributed by atoms with Gasteiger partial charge in [0.1, 0.15) is 0 Å². The largest absolute Gasteiger partial charge is 0.361 e. The second kappa shape index (κ2) is 6.48. The molecule has 1 aromatic heterocycles. The van der Waals surface area contributed by atoms with Crippen molar-refractivity contribution in [3.63, 3.8) is 0 Å². The van der Waals surface area contributed by atoms with Gasteiger partial charge in [0.15, 0.2) is 0 Å². The number of para-hydroxylation sites is 2. The van der Waals surface area contributed by atoms with E-state index in [-0.39, 0.29) is 5.91 Å². The molecular weight excluding hydrogens is 272 g/mol. The minimum Gasteiger partial charge on any atom is -0.361 e. The third-order valence-corrected chi connectivity index (χ3v) is 3.94. The summed E-state index contributed by atoms with van der Waals surface area (Å²) in [6.45, 7) is 2.00. The quantitative estimate of drug-likeness (QED) is 0.717. The highest BCUT2D eigenvalue weighted by molar-refractivity contribution is 5.91. The van der Waals surface area contributed by atoms with Crippen LogP contribution in [0.15, 0.2) is 54.7 Å². The second-order valence-corrected chi connectivity index (χ2v) is 5.58. The van der Waals surface area contributed by atoms with Gasteiger partial charge in [-0.3, -0.25) is 4.79 Å². The van der Waals surface area contributed by atoms with Crippen LogP contribution in [-0.2, 0) is 11.2 Å². The Labute approximate surface area is 130 Å². The Balaban J connectivity index is 1.55. The standard InChI is InChI=1S/C19H20N2O/c1-14-7-2-4-10-17(14)21-19(22)12-6-8-15-13-20-18-11-5-3-9-16(15)18/h2-5,7,9-11,13,20H,6,8,12H2,1H3,(H,21,22). The van der Waals surface area contributed by atoms with Crippen LogP contribution in [0.1, 0.15) is 24.0 Å². The minimum atomic E-state index is 0.0779. The number of hydrogen-bond donors (Lipinski definition) is 2. The number of fused-ring (bicyclic) bond motifs is 1. The number of hydrogen-bond acceptors (Lipinski definition) is 1. The van der Waals surface area contributed by atoms with Gasteiger partial charge in [-0.2, -0.15) is 0 Å². The number of rotatable bonds is 5. The van der Waals surface area contributed by atoms with Crippen molar-refractivity contribution in [1.29, 1.82) is 0 Å². The first kappa shape index (κ1) is 14.4. The Bertz CT molecular complexity index is 789. The van der Waals surface area contributed by atoms with Gasteiger partial charge in [-0.05, 0) is 43.0 Å². The topological polar surface area (TPSA) is 44.9 Å². The van der Waals surface area contributed by atoms with Crippen LogP contribution >= 0.6 is 0 Å². The summed E-state index contributed by atoms with van der Waals surface area (Å²) in [5.74, 6) is 0.0779. The Kier molecular flexibility index (Phi) is 4.24. The van der Waals surface area contributed by atoms with Gasteiger partial charge in [0, 0.05) is 29.2 Å². The van der Waals surface area contributed by atoms with Gasteiger partial charge in [0.25, 0.3) is 0 Å². The van der Waals surface area contributed by atoms with E-state index in [1.807, 2.05) is 49.5 Å². The first-order valence-electron chi connectivity index (χ1n) is 7.64. The van der Waals surface area contributed by atoms with E-state index < -0.39 is 0 Å². The van der Waals surface area contributed by atoms with E-state index in [1.165, 1.54) is 10.9 Å². The zero-order valence-corrected chi connectivity index (χ0v) is 12.7. The van der Waals surface area contributed by atoms with Gasteiger partial charge in [-0.15, -0.1) is 0 Å². The molecule has 3 nitrogen and oxygen atoms in total. The highest BCUT2D eigenvalue weighted by atomic mass is 16.1. The molecule has 0 aliphatic rings. The molecule has 22 heavy (non-hydrogen) atoms. The van der Waals surface area contributed by atoms with Crippen LogP contribution in [0.4, 0.5) is 5.69 Å². The molecule has 0 aliphatic carbocycles. The summed E-state index contributed by atoms with van der Waals surface area (Å²) >= 11 is 0. The second-order valence-electron chi connectivity index (χ2n) is 5.58. The lowest BCUT2D eigenvalue weighted by Crippen LogP contribution is -2.12. The first-order chi connectivity index (χ1) is 10.7. The molecule has 3 heteroatoms. The molecular formula is C19H20N2O. The van der Waals surface area contributed by atoms with E-state index in [4.69, 9.17) is 0 Å². The van der Waals surface area contributed by atoms with Crippen LogP contribution < -0.4 is 5.32 Å². The van der Waals surface area contributed by atoms with Crippen molar-refractivity contribution < 1.29 is 4.79 Å². The van der Waals surface area contributed by atoms with Crippen LogP contribution in [0, 0.1) is 6.92 Å². The zero-order chi connectivity index (χ0) is 15.4. The van der Waals surface area contributed by atoms with Crippen molar-refractivity contribution in [2.75, 3.05) is 5.32 Å². The molecule has 3 aromatic rings. The van der Waals surface area contributed by atoms with E-state index in [0.29, 0.717) is 6.42 Å². The molecule has 0 spiro atoms. The number of aryl methyl sites for hydroxylation is 2. The Morgan fingerprint density at radius 2 is 1.86 bits per heavy atom. The molecule has 0 bridgehead atoms. The van der Waals surface area contributed by atoms with Crippen molar-refractivity contribution in [2.24, 2.45) is 0 Å². The maximum atomic E-state index is 12.0. The van der Waals surface area contributed by atoms with E-state index >= 15 is 0 Å². The summed E-state index contributed by atoms with van der Waals surface area (Å²) in [4.78, 5) is 15.3. The van der Waals surface area contributed by atoms with E-state index in [2.05, 4.69) is 22.4 Å². The number of nitrogens with one attached hydrogen (secondary N) is 2. The number of carbonyl (C=O) groups is 1. The molecule has 3 rings (SSSR count). The van der Waals surface area contributed by atoms with Crippen molar-refractivity contribution in [1.82, 2.24) is 4.98 Å². The van der Waals surface area contributed by atoms with Crippen molar-refractivity contribution in [3.05, 3.63) is 65.9 Å². The number of carbonyl (C=O) groups excluding carboxylic acids is 1. The average molecular weight is 292 g/mol. The molecule has 0 aliphatic heterocycles. The monoisotopic (exact) mass is 292 g/mol. The number of H-pyrrole nitrogens is 1. The lowest BCUT2D eigenvalue weighted by atomic mass is 10.1. The number of aromatic amines is 1. The molecule has 0 atom stereocenters. The molecule has 0 fully saturated rings. The van der Waals surface area contributed by atoms with Crippen LogP contribution in [0.5, 0.6) is 0 Å². The summed E-state index contributed by atoms with van der Waals surface area (Å²) in [6.07, 6.45) is 4.34. The summed E-state index contributed by atoms with van der Waals surface area (Å²) in [6, 6.07) is 16.1. The molecule has 2 aromatic carbocycles. The molecule has 2 N–H and O–H groups in total. The Morgan fingerprint density at radius 1 is 1.09 bits per heavy atom. The summed E-state index contributed by atoms with van der Waals surface area (Å²) in [7, 11) is 0. The molecule has 0 unspecified atom stereocenters. The first-order valence-corrected chi connectivity index (χ1v) is 7.64. The van der Waals surface area contributed by atoms with Crippen molar-refractivity contribution in [2.45, 2.75) is 26.2 Å². The maximum absolute atomic E-state index is 12.0. The number of anilines is 1. The fourth-order valence-electron chi connectivity index (χ4n) is 2.70. The fourth-order valence-corrected chi connectivity index (χ4v) is 2.70. The van der Waals surface area contributed by atoms with E-state index in [1.54, 1.807) is 0 Å². The van der Waals surface area contributed by atoms with Crippen LogP contribution in [-0.4, -0.2) is 10.9 Å². The van der Waals surface area contributed by atoms with Gasteiger partial charge >= 0.3 is 0 Å². The highest BCUT2D eigenvalue weighted by Gasteiger charge is 2.06. The lowest BCUT2D eigenvalue weighted by Gasteiger charge is -2.07. The maximum Gasteiger partial charge on any atom is 0.224 e. The van der Waals surface area contributed by atoms with E-state index in [9.17, 15) is 4.79 Å². The van der Waals surface area contributed by atoms with Gasteiger partial charge in [0.05, 0.1) is 0 Å². The summed E-state index contributed by atoms with van der Waals surface area (Å²) in [5.41, 5.74) is 4.42. The predicted molar refractivity (Wildman–Crippen MR) is 91.0 cm³/mol. The van der Waals surface area contributed by atoms with Gasteiger partial charge in [-0.25, -0.2) is 0 Å². The third-order valence-electron chi connectivity index (χ3n) is 3.94. The number of benzene rings is 2. The highest BCUT2D eigenvalue weighted by Crippen LogP contribution is 2.20. The van der Waals surface area contributed by atoms with Crippen LogP contribution in [0.25, 0.3) is 10.9 Å². The SMILES string of the molecule is Cc1ccccc1NC(=O)CCCc1c[nH]c2ccccc12. The number of amides is 1. The molecule has 0 radical (unpaired) electrons. The Morgan fingerprint density at radius 3 is 2.73 bits per heavy atom. The summed E-state index contributed by atoms with van der Waals surface area (Å²) < 4.78 is 0. The normalized spacial score (nSPS) is 10.8. The van der Waals surface area contributed by atoms with Crippen molar-refractivity contribution >= 4 is 22.5 Å². The smallest absolute Gasteiger partial charge is 0.224 e. The summed E-state index contributed by atoms with van der Waals surface area (Å²) in [5, 5.41) is 4.23. The zero-order valence-electron chi connectivity index (χ0n) is 12.7.